The van der Waals surface area contributed by atoms with Gasteiger partial charge < -0.3 is 24.3 Å². The van der Waals surface area contributed by atoms with Crippen LogP contribution in [0.25, 0.3) is 11.0 Å². The summed E-state index contributed by atoms with van der Waals surface area (Å²) in [6, 6.07) is 9.80. The monoisotopic (exact) mass is 369 g/mol. The van der Waals surface area contributed by atoms with Gasteiger partial charge in [0.15, 0.2) is 0 Å². The first kappa shape index (κ1) is 18.2. The number of hydrogen-bond acceptors (Lipinski definition) is 5. The van der Waals surface area contributed by atoms with Crippen LogP contribution in [0.4, 0.5) is 5.69 Å². The number of amides is 1. The van der Waals surface area contributed by atoms with E-state index in [-0.39, 0.29) is 5.91 Å². The lowest BCUT2D eigenvalue weighted by atomic mass is 10.1. The molecule has 3 aromatic rings. The highest BCUT2D eigenvalue weighted by Gasteiger charge is 2.13. The van der Waals surface area contributed by atoms with Gasteiger partial charge in [-0.15, -0.1) is 0 Å². The Kier molecular flexibility index (Phi) is 4.98. The molecule has 0 saturated carbocycles. The van der Waals surface area contributed by atoms with Gasteiger partial charge in [-0.2, -0.15) is 0 Å². The molecule has 0 radical (unpaired) electrons. The summed E-state index contributed by atoms with van der Waals surface area (Å²) in [5.41, 5.74) is 0.438. The van der Waals surface area contributed by atoms with Crippen LogP contribution in [0.15, 0.2) is 46.0 Å². The molecular formula is C19H19N3O5. The number of fused-ring (bicyclic) bond motifs is 1. The number of carbonyl (C=O) groups is 1. The lowest BCUT2D eigenvalue weighted by Gasteiger charge is -2.12. The van der Waals surface area contributed by atoms with Crippen molar-refractivity contribution in [3.8, 4) is 11.5 Å². The number of nitrogens with zero attached hydrogens (tertiary/aromatic N) is 1. The van der Waals surface area contributed by atoms with Crippen LogP contribution in [0.5, 0.6) is 11.5 Å². The summed E-state index contributed by atoms with van der Waals surface area (Å²) < 4.78 is 11.8. The van der Waals surface area contributed by atoms with E-state index in [0.29, 0.717) is 40.3 Å². The van der Waals surface area contributed by atoms with Crippen molar-refractivity contribution < 1.29 is 14.3 Å². The smallest absolute Gasteiger partial charge is 0.316 e. The molecule has 0 unspecified atom stereocenters. The molecule has 2 N–H and O–H groups in total. The zero-order chi connectivity index (χ0) is 19.6. The highest BCUT2D eigenvalue weighted by molar-refractivity contribution is 6.06. The van der Waals surface area contributed by atoms with Gasteiger partial charge in [-0.1, -0.05) is 0 Å². The normalized spacial score (nSPS) is 10.6. The minimum absolute atomic E-state index is 0.331. The van der Waals surface area contributed by atoms with Crippen molar-refractivity contribution >= 4 is 22.6 Å². The molecule has 0 bridgehead atoms. The van der Waals surface area contributed by atoms with E-state index in [1.165, 1.54) is 17.7 Å². The third-order valence-electron chi connectivity index (χ3n) is 4.21. The average molecular weight is 369 g/mol. The number of ether oxygens (including phenoxy) is 2. The van der Waals surface area contributed by atoms with Gasteiger partial charge in [-0.3, -0.25) is 14.4 Å². The molecule has 0 aliphatic carbocycles. The second-order valence-corrected chi connectivity index (χ2v) is 5.76. The minimum Gasteiger partial charge on any atom is -0.497 e. The number of aromatic nitrogens is 2. The molecule has 1 aromatic heterocycles. The number of hydrogen-bond donors (Lipinski definition) is 2. The Hall–Kier alpha value is -3.55. The van der Waals surface area contributed by atoms with Crippen LogP contribution < -0.4 is 25.9 Å². The lowest BCUT2D eigenvalue weighted by molar-refractivity contribution is 0.102. The van der Waals surface area contributed by atoms with Crippen LogP contribution in [0.3, 0.4) is 0 Å². The summed E-state index contributed by atoms with van der Waals surface area (Å²) in [4.78, 5) is 38.9. The maximum absolute atomic E-state index is 12.6. The highest BCUT2D eigenvalue weighted by Crippen LogP contribution is 2.29. The van der Waals surface area contributed by atoms with Crippen molar-refractivity contribution in [2.45, 2.75) is 13.5 Å². The van der Waals surface area contributed by atoms with Crippen LogP contribution >= 0.6 is 0 Å². The Bertz CT molecular complexity index is 1130. The fraction of sp³-hybridized carbons (Fsp3) is 0.211. The van der Waals surface area contributed by atoms with Gasteiger partial charge in [0.2, 0.25) is 0 Å². The highest BCUT2D eigenvalue weighted by atomic mass is 16.5. The first-order valence-corrected chi connectivity index (χ1v) is 8.28. The van der Waals surface area contributed by atoms with Crippen molar-refractivity contribution in [1.29, 1.82) is 0 Å². The first-order valence-electron chi connectivity index (χ1n) is 8.28. The predicted molar refractivity (Wildman–Crippen MR) is 102 cm³/mol. The Morgan fingerprint density at radius 3 is 2.56 bits per heavy atom. The van der Waals surface area contributed by atoms with Crippen LogP contribution in [-0.4, -0.2) is 29.7 Å². The number of rotatable bonds is 5. The first-order chi connectivity index (χ1) is 13.0. The number of benzene rings is 2. The molecule has 8 heteroatoms. The molecule has 0 saturated heterocycles. The van der Waals surface area contributed by atoms with E-state index in [1.807, 2.05) is 0 Å². The summed E-state index contributed by atoms with van der Waals surface area (Å²) >= 11 is 0. The molecule has 1 amide bonds. The summed E-state index contributed by atoms with van der Waals surface area (Å²) in [5, 5.41) is 2.77. The molecule has 140 valence electrons. The fourth-order valence-electron chi connectivity index (χ4n) is 2.83. The van der Waals surface area contributed by atoms with Gasteiger partial charge in [0.05, 0.1) is 30.9 Å². The van der Waals surface area contributed by atoms with E-state index in [0.717, 1.165) is 0 Å². The Morgan fingerprint density at radius 1 is 1.11 bits per heavy atom. The Balaban J connectivity index is 1.98. The van der Waals surface area contributed by atoms with Gasteiger partial charge in [-0.25, -0.2) is 0 Å². The third-order valence-corrected chi connectivity index (χ3v) is 4.21. The lowest BCUT2D eigenvalue weighted by Crippen LogP contribution is -2.36. The van der Waals surface area contributed by atoms with Crippen LogP contribution in [-0.2, 0) is 6.54 Å². The number of nitrogens with one attached hydrogen (secondary N) is 2. The Morgan fingerprint density at radius 2 is 1.89 bits per heavy atom. The van der Waals surface area contributed by atoms with Crippen LogP contribution in [0.2, 0.25) is 0 Å². The molecule has 27 heavy (non-hydrogen) atoms. The molecule has 0 atom stereocenters. The number of aromatic amines is 1. The van der Waals surface area contributed by atoms with E-state index in [1.54, 1.807) is 44.4 Å². The standard InChI is InChI=1S/C19H19N3O5/c1-4-22-15-8-5-11(9-14(15)21-18(24)19(22)25)17(23)20-13-7-6-12(26-2)10-16(13)27-3/h5-10H,4H2,1-3H3,(H,20,23)(H,21,24). The number of anilines is 1. The van der Waals surface area contributed by atoms with E-state index >= 15 is 0 Å². The summed E-state index contributed by atoms with van der Waals surface area (Å²) in [6.07, 6.45) is 0. The topological polar surface area (TPSA) is 102 Å². The largest absolute Gasteiger partial charge is 0.497 e. The molecule has 8 nitrogen and oxygen atoms in total. The fourth-order valence-corrected chi connectivity index (χ4v) is 2.83. The van der Waals surface area contributed by atoms with Gasteiger partial charge in [0, 0.05) is 18.2 Å². The SMILES string of the molecule is CCn1c(=O)c(=O)[nH]c2cc(C(=O)Nc3ccc(OC)cc3OC)ccc21. The van der Waals surface area contributed by atoms with E-state index in [9.17, 15) is 14.4 Å². The summed E-state index contributed by atoms with van der Waals surface area (Å²) in [7, 11) is 3.04. The maximum atomic E-state index is 12.6. The van der Waals surface area contributed by atoms with Crippen molar-refractivity contribution in [3.05, 3.63) is 62.7 Å². The number of aryl methyl sites for hydroxylation is 1. The molecule has 3 rings (SSSR count). The second-order valence-electron chi connectivity index (χ2n) is 5.76. The summed E-state index contributed by atoms with van der Waals surface area (Å²) in [5.74, 6) is 0.679. The Labute approximate surface area is 154 Å². The molecule has 1 heterocycles. The zero-order valence-corrected chi connectivity index (χ0v) is 15.2. The van der Waals surface area contributed by atoms with E-state index in [4.69, 9.17) is 9.47 Å². The molecule has 2 aromatic carbocycles. The molecule has 0 fully saturated rings. The molecular weight excluding hydrogens is 350 g/mol. The average Bonchev–Trinajstić information content (AvgIpc) is 2.68. The van der Waals surface area contributed by atoms with Gasteiger partial charge in [-0.05, 0) is 37.3 Å². The number of H-pyrrole nitrogens is 1. The molecule has 0 aliphatic rings. The van der Waals surface area contributed by atoms with Crippen molar-refractivity contribution in [2.75, 3.05) is 19.5 Å². The van der Waals surface area contributed by atoms with Crippen LogP contribution in [0.1, 0.15) is 17.3 Å². The van der Waals surface area contributed by atoms with Gasteiger partial charge >= 0.3 is 11.1 Å². The quantitative estimate of drug-likeness (QED) is 0.670. The maximum Gasteiger partial charge on any atom is 0.316 e. The number of carbonyl (C=O) groups excluding carboxylic acids is 1. The number of methoxy groups -OCH3 is 2. The van der Waals surface area contributed by atoms with Gasteiger partial charge in [0.1, 0.15) is 11.5 Å². The van der Waals surface area contributed by atoms with E-state index in [2.05, 4.69) is 10.3 Å². The summed E-state index contributed by atoms with van der Waals surface area (Å²) in [6.45, 7) is 2.13. The molecule has 0 aliphatic heterocycles. The van der Waals surface area contributed by atoms with Crippen molar-refractivity contribution in [1.82, 2.24) is 9.55 Å². The predicted octanol–water partition coefficient (Wildman–Crippen LogP) is 1.98. The zero-order valence-electron chi connectivity index (χ0n) is 15.2. The van der Waals surface area contributed by atoms with Crippen LogP contribution in [0, 0.1) is 0 Å². The third kappa shape index (κ3) is 3.41. The van der Waals surface area contributed by atoms with Crippen molar-refractivity contribution in [2.24, 2.45) is 0 Å². The minimum atomic E-state index is -0.723. The second kappa shape index (κ2) is 7.36. The molecule has 0 spiro atoms. The van der Waals surface area contributed by atoms with Gasteiger partial charge in [0.25, 0.3) is 5.91 Å². The van der Waals surface area contributed by atoms with E-state index < -0.39 is 11.1 Å². The van der Waals surface area contributed by atoms with Crippen molar-refractivity contribution in [3.63, 3.8) is 0 Å².